The van der Waals surface area contributed by atoms with Crippen molar-refractivity contribution in [3.8, 4) is 0 Å². The van der Waals surface area contributed by atoms with Crippen molar-refractivity contribution in [1.29, 1.82) is 0 Å². The van der Waals surface area contributed by atoms with Gasteiger partial charge in [0, 0.05) is 31.6 Å². The molecular weight excluding hydrogens is 679 g/mol. The summed E-state index contributed by atoms with van der Waals surface area (Å²) in [7, 11) is 0. The van der Waals surface area contributed by atoms with Gasteiger partial charge in [-0.1, -0.05) is 85.9 Å². The largest absolute Gasteiger partial charge is 0.478 e. The Morgan fingerprint density at radius 1 is 1.00 bits per heavy atom. The van der Waals surface area contributed by atoms with E-state index in [1.54, 1.807) is 0 Å². The molecule has 1 aromatic heterocycles. The summed E-state index contributed by atoms with van der Waals surface area (Å²) >= 11 is 0. The number of hydrogen-bond donors (Lipinski definition) is 5. The number of aliphatic hydroxyl groups is 1. The zero-order valence-corrected chi connectivity index (χ0v) is 31.0. The maximum absolute atomic E-state index is 12.6. The molecule has 1 fully saturated rings. The predicted molar refractivity (Wildman–Crippen MR) is 212 cm³/mol. The lowest BCUT2D eigenvalue weighted by Crippen LogP contribution is -2.52. The van der Waals surface area contributed by atoms with Crippen LogP contribution in [-0.2, 0) is 20.8 Å². The third kappa shape index (κ3) is 8.04. The number of H-pyrrole nitrogens is 1. The zero-order valence-electron chi connectivity index (χ0n) is 31.0. The molecule has 3 aliphatic carbocycles. The number of aliphatic hydroxyl groups excluding tert-OH is 1. The number of aromatic amines is 1. The van der Waals surface area contributed by atoms with Gasteiger partial charge in [0.05, 0.1) is 6.04 Å². The number of hydrogen-bond acceptors (Lipinski definition) is 7. The van der Waals surface area contributed by atoms with Crippen LogP contribution < -0.4 is 11.1 Å². The van der Waals surface area contributed by atoms with Gasteiger partial charge in [0.2, 0.25) is 0 Å². The number of allylic oxidation sites excluding steroid dienone is 2. The van der Waals surface area contributed by atoms with Gasteiger partial charge < -0.3 is 41.2 Å². The molecule has 2 heterocycles. The Balaban J connectivity index is 1.27. The smallest absolute Gasteiger partial charge is 0.328 e. The van der Waals surface area contributed by atoms with E-state index in [1.807, 2.05) is 18.3 Å². The van der Waals surface area contributed by atoms with E-state index in [4.69, 9.17) is 11.1 Å². The number of carboxylic acids is 1. The van der Waals surface area contributed by atoms with Crippen molar-refractivity contribution >= 4 is 41.1 Å². The first kappa shape index (κ1) is 37.6. The number of aliphatic imine (C=N–C) groups is 1. The second-order valence-corrected chi connectivity index (χ2v) is 15.9. The Bertz CT molecular complexity index is 1880. The van der Waals surface area contributed by atoms with Gasteiger partial charge in [0.15, 0.2) is 5.96 Å². The molecular formula is C44H54N5O5-. The van der Waals surface area contributed by atoms with E-state index in [-0.39, 0.29) is 42.2 Å². The molecule has 10 nitrogen and oxygen atoms in total. The van der Waals surface area contributed by atoms with E-state index in [2.05, 4.69) is 57.8 Å². The molecule has 9 unspecified atom stereocenters. The molecule has 9 atom stereocenters. The molecule has 286 valence electrons. The fourth-order valence-corrected chi connectivity index (χ4v) is 10.4. The number of rotatable bonds is 18. The number of carbonyl (C=O) groups is 3. The lowest BCUT2D eigenvalue weighted by Gasteiger charge is -2.58. The molecule has 10 heteroatoms. The minimum atomic E-state index is -0.994. The van der Waals surface area contributed by atoms with Crippen LogP contribution in [0.5, 0.6) is 0 Å². The fourth-order valence-electron chi connectivity index (χ4n) is 10.4. The van der Waals surface area contributed by atoms with Crippen LogP contribution in [0.3, 0.4) is 0 Å². The van der Waals surface area contributed by atoms with Crippen LogP contribution >= 0.6 is 0 Å². The van der Waals surface area contributed by atoms with Gasteiger partial charge >= 0.3 is 5.97 Å². The minimum Gasteiger partial charge on any atom is -0.478 e. The lowest BCUT2D eigenvalue weighted by molar-refractivity contribution is -0.131. The van der Waals surface area contributed by atoms with Gasteiger partial charge in [-0.15, -0.1) is 0 Å². The molecule has 4 bridgehead atoms. The first-order chi connectivity index (χ1) is 26.4. The predicted octanol–water partition coefficient (Wildman–Crippen LogP) is 7.22. The highest BCUT2D eigenvalue weighted by Gasteiger charge is 2.53. The normalized spacial score (nSPS) is 26.9. The third-order valence-electron chi connectivity index (χ3n) is 12.7. The number of nitrogens with one attached hydrogen (secondary N) is 2. The highest BCUT2D eigenvalue weighted by molar-refractivity contribution is 5.86. The standard InChI is InChI=1S/C44H54N5O5/c45-44-47-19-16-38(48-44)37(25-40(53)54)43(49-39-9-4-18-46-39)34-15-14-32-33-13-12-29(8-3-1-2-6-28(26-52)7-5-20-50)41(42(33)34)36-24-31-22-27(17-21-51)10-11-30(31)23-35(32)36/h4,9-13,18,21-26,28-29,32-34,38,41-43,46,50H,1-3,5-8,14-17,19-20H2,(H,53,54)(H3,45,47,48)/q-1. The van der Waals surface area contributed by atoms with Crippen LogP contribution in [0.1, 0.15) is 92.7 Å². The van der Waals surface area contributed by atoms with E-state index < -0.39 is 12.0 Å². The number of aromatic nitrogens is 1. The fraction of sp³-hybridized carbons (Fsp3) is 0.500. The van der Waals surface area contributed by atoms with E-state index in [1.165, 1.54) is 22.6 Å². The topological polar surface area (TPSA) is 172 Å². The number of nitrogens with two attached hydrogens (primary N) is 1. The van der Waals surface area contributed by atoms with Crippen molar-refractivity contribution in [2.24, 2.45) is 40.3 Å². The summed E-state index contributed by atoms with van der Waals surface area (Å²) in [5.74, 6) is 1.50. The molecule has 0 spiro atoms. The number of guanidine groups is 1. The van der Waals surface area contributed by atoms with Crippen LogP contribution in [0.15, 0.2) is 77.5 Å². The number of carboxylic acid groups (broad SMARTS) is 1. The summed E-state index contributed by atoms with van der Waals surface area (Å²) in [5.41, 5.74) is 10.8. The number of fused-ring (bicyclic) bond motifs is 4. The Morgan fingerprint density at radius 3 is 2.61 bits per heavy atom. The molecule has 7 rings (SSSR count). The van der Waals surface area contributed by atoms with E-state index in [0.717, 1.165) is 86.3 Å². The quantitative estimate of drug-likeness (QED) is 0.0398. The molecule has 2 aromatic carbocycles. The van der Waals surface area contributed by atoms with Crippen LogP contribution in [0, 0.1) is 29.6 Å². The molecule has 1 aliphatic heterocycles. The second-order valence-electron chi connectivity index (χ2n) is 15.9. The second kappa shape index (κ2) is 17.2. The third-order valence-corrected chi connectivity index (χ3v) is 12.7. The Morgan fingerprint density at radius 2 is 1.85 bits per heavy atom. The molecule has 6 N–H and O–H groups in total. The van der Waals surface area contributed by atoms with Crippen molar-refractivity contribution in [1.82, 2.24) is 10.3 Å². The Kier molecular flexibility index (Phi) is 12.0. The molecule has 54 heavy (non-hydrogen) atoms. The van der Waals surface area contributed by atoms with Crippen molar-refractivity contribution in [2.75, 3.05) is 13.2 Å². The van der Waals surface area contributed by atoms with Crippen molar-refractivity contribution in [3.05, 3.63) is 94.5 Å². The molecule has 1 saturated carbocycles. The number of benzene rings is 2. The summed E-state index contributed by atoms with van der Waals surface area (Å²) in [6, 6.07) is 14.4. The van der Waals surface area contributed by atoms with Crippen molar-refractivity contribution in [2.45, 2.75) is 94.5 Å². The highest BCUT2D eigenvalue weighted by Crippen LogP contribution is 2.63. The van der Waals surface area contributed by atoms with Crippen LogP contribution in [0.25, 0.3) is 16.1 Å². The summed E-state index contributed by atoms with van der Waals surface area (Å²) in [6.45, 7) is 0.634. The van der Waals surface area contributed by atoms with Crippen LogP contribution in [0.2, 0.25) is 0 Å². The number of unbranched alkanes of at least 4 members (excludes halogenated alkanes) is 2. The summed E-state index contributed by atoms with van der Waals surface area (Å²) in [6.07, 6.45) is 19.4. The monoisotopic (exact) mass is 732 g/mol. The molecule has 3 aromatic rings. The minimum absolute atomic E-state index is 0.00343. The SMILES string of the molecule is NC1=NCCC(C(=CC(=O)O)C([N-]c2ccc[nH]2)C2CCC3c4cc5ccc(CC=O)cc5cc4C4C(CCCCCC(C=O)CCCO)C=CC3C24)N1. The summed E-state index contributed by atoms with van der Waals surface area (Å²) in [5, 5.41) is 30.5. The molecule has 0 amide bonds. The Labute approximate surface area is 317 Å². The van der Waals surface area contributed by atoms with E-state index >= 15 is 0 Å². The molecule has 4 aliphatic rings. The average Bonchev–Trinajstić information content (AvgIpc) is 3.69. The van der Waals surface area contributed by atoms with Gasteiger partial charge in [-0.3, -0.25) is 4.99 Å². The van der Waals surface area contributed by atoms with Crippen molar-refractivity contribution in [3.63, 3.8) is 0 Å². The average molecular weight is 733 g/mol. The molecule has 0 radical (unpaired) electrons. The highest BCUT2D eigenvalue weighted by atomic mass is 16.4. The van der Waals surface area contributed by atoms with Crippen LogP contribution in [-0.4, -0.2) is 64.9 Å². The van der Waals surface area contributed by atoms with Gasteiger partial charge in [0.1, 0.15) is 12.6 Å². The number of aldehydes is 2. The lowest BCUT2D eigenvalue weighted by atomic mass is 9.48. The molecule has 0 saturated heterocycles. The van der Waals surface area contributed by atoms with Crippen molar-refractivity contribution < 1.29 is 24.6 Å². The van der Waals surface area contributed by atoms with E-state index in [0.29, 0.717) is 43.6 Å². The Hall–Kier alpha value is -4.70. The first-order valence-corrected chi connectivity index (χ1v) is 20.0. The van der Waals surface area contributed by atoms with E-state index in [9.17, 15) is 24.6 Å². The summed E-state index contributed by atoms with van der Waals surface area (Å²) < 4.78 is 0. The van der Waals surface area contributed by atoms with Gasteiger partial charge in [-0.2, -0.15) is 0 Å². The number of nitrogens with zero attached hydrogens (tertiary/aromatic N) is 2. The maximum Gasteiger partial charge on any atom is 0.328 e. The summed E-state index contributed by atoms with van der Waals surface area (Å²) in [4.78, 5) is 43.3. The van der Waals surface area contributed by atoms with Gasteiger partial charge in [0.25, 0.3) is 0 Å². The van der Waals surface area contributed by atoms with Gasteiger partial charge in [-0.05, 0) is 120 Å². The number of aliphatic carboxylic acids is 1. The van der Waals surface area contributed by atoms with Crippen LogP contribution in [0.4, 0.5) is 5.82 Å². The van der Waals surface area contributed by atoms with Gasteiger partial charge in [-0.25, -0.2) is 4.79 Å². The first-order valence-electron chi connectivity index (χ1n) is 20.0. The number of carbonyl (C=O) groups excluding carboxylic acids is 2. The zero-order chi connectivity index (χ0) is 37.6. The maximum atomic E-state index is 12.6.